The van der Waals surface area contributed by atoms with Crippen LogP contribution in [0.1, 0.15) is 22.9 Å². The molecule has 0 saturated carbocycles. The number of methoxy groups -OCH3 is 1. The maximum absolute atomic E-state index is 12.3. The van der Waals surface area contributed by atoms with Crippen molar-refractivity contribution in [3.63, 3.8) is 0 Å². The zero-order valence-electron chi connectivity index (χ0n) is 14.2. The van der Waals surface area contributed by atoms with Crippen molar-refractivity contribution in [2.75, 3.05) is 13.9 Å². The lowest BCUT2D eigenvalue weighted by Crippen LogP contribution is -2.45. The minimum Gasteiger partial charge on any atom is -0.468 e. The number of carbonyl (C=O) groups is 1. The van der Waals surface area contributed by atoms with Gasteiger partial charge >= 0.3 is 5.97 Å². The van der Waals surface area contributed by atoms with E-state index in [0.29, 0.717) is 6.42 Å². The molecule has 3 aromatic rings. The summed E-state index contributed by atoms with van der Waals surface area (Å²) < 4.78 is 15.9. The van der Waals surface area contributed by atoms with E-state index in [1.165, 1.54) is 7.11 Å². The maximum atomic E-state index is 12.3. The van der Waals surface area contributed by atoms with Gasteiger partial charge in [-0.25, -0.2) is 0 Å². The predicted octanol–water partition coefficient (Wildman–Crippen LogP) is 2.67. The Kier molecular flexibility index (Phi) is 3.39. The molecule has 0 amide bonds. The summed E-state index contributed by atoms with van der Waals surface area (Å²) in [6.45, 7) is 0.235. The molecule has 0 bridgehead atoms. The number of esters is 1. The number of rotatable bonds is 2. The third kappa shape index (κ3) is 2.26. The first-order valence-corrected chi connectivity index (χ1v) is 8.57. The Hall–Kier alpha value is -2.99. The van der Waals surface area contributed by atoms with Gasteiger partial charge in [0.2, 0.25) is 6.79 Å². The molecule has 26 heavy (non-hydrogen) atoms. The molecule has 1 unspecified atom stereocenters. The van der Waals surface area contributed by atoms with E-state index in [9.17, 15) is 4.79 Å². The Bertz CT molecular complexity index is 1010. The zero-order chi connectivity index (χ0) is 17.7. The molecule has 0 aliphatic carbocycles. The van der Waals surface area contributed by atoms with Crippen LogP contribution in [0.5, 0.6) is 11.5 Å². The Morgan fingerprint density at radius 3 is 2.88 bits per heavy atom. The van der Waals surface area contributed by atoms with E-state index in [2.05, 4.69) is 22.4 Å². The molecule has 2 aliphatic heterocycles. The predicted molar refractivity (Wildman–Crippen MR) is 95.4 cm³/mol. The fourth-order valence-corrected chi connectivity index (χ4v) is 3.88. The highest BCUT2D eigenvalue weighted by molar-refractivity contribution is 5.87. The summed E-state index contributed by atoms with van der Waals surface area (Å²) in [7, 11) is 1.42. The van der Waals surface area contributed by atoms with E-state index in [0.717, 1.165) is 39.2 Å². The average molecular weight is 350 g/mol. The number of ether oxygens (including phenoxy) is 3. The Labute approximate surface area is 150 Å². The highest BCUT2D eigenvalue weighted by Gasteiger charge is 2.35. The summed E-state index contributed by atoms with van der Waals surface area (Å²) in [5, 5.41) is 4.57. The summed E-state index contributed by atoms with van der Waals surface area (Å²) in [5.41, 5.74) is 4.30. The Morgan fingerprint density at radius 2 is 2.00 bits per heavy atom. The van der Waals surface area contributed by atoms with Crippen molar-refractivity contribution < 1.29 is 19.0 Å². The molecule has 2 N–H and O–H groups in total. The van der Waals surface area contributed by atoms with Crippen molar-refractivity contribution in [1.29, 1.82) is 0 Å². The lowest BCUT2D eigenvalue weighted by Gasteiger charge is -2.30. The molecular formula is C20H18N2O4. The second-order valence-electron chi connectivity index (χ2n) is 6.56. The van der Waals surface area contributed by atoms with Gasteiger partial charge in [0, 0.05) is 23.0 Å². The molecule has 5 rings (SSSR count). The van der Waals surface area contributed by atoms with Crippen LogP contribution < -0.4 is 14.8 Å². The largest absolute Gasteiger partial charge is 0.468 e. The van der Waals surface area contributed by atoms with E-state index < -0.39 is 6.04 Å². The fraction of sp³-hybridized carbons (Fsp3) is 0.250. The zero-order valence-corrected chi connectivity index (χ0v) is 14.2. The Morgan fingerprint density at radius 1 is 1.15 bits per heavy atom. The van der Waals surface area contributed by atoms with Gasteiger partial charge in [0.05, 0.1) is 13.2 Å². The van der Waals surface area contributed by atoms with Crippen LogP contribution in [0.15, 0.2) is 42.5 Å². The number of aromatic amines is 1. The van der Waals surface area contributed by atoms with Gasteiger partial charge in [-0.2, -0.15) is 0 Å². The molecule has 0 saturated heterocycles. The van der Waals surface area contributed by atoms with Gasteiger partial charge in [0.25, 0.3) is 0 Å². The van der Waals surface area contributed by atoms with Gasteiger partial charge in [0.15, 0.2) is 11.5 Å². The van der Waals surface area contributed by atoms with Crippen LogP contribution in [0.2, 0.25) is 0 Å². The number of hydrogen-bond acceptors (Lipinski definition) is 5. The van der Waals surface area contributed by atoms with Crippen molar-refractivity contribution >= 4 is 16.9 Å². The van der Waals surface area contributed by atoms with Crippen molar-refractivity contribution in [1.82, 2.24) is 10.3 Å². The van der Waals surface area contributed by atoms with E-state index in [-0.39, 0.29) is 18.8 Å². The van der Waals surface area contributed by atoms with E-state index in [1.54, 1.807) is 0 Å². The quantitative estimate of drug-likeness (QED) is 0.695. The van der Waals surface area contributed by atoms with Crippen LogP contribution in [0.3, 0.4) is 0 Å². The summed E-state index contributed by atoms with van der Waals surface area (Å²) in [6.07, 6.45) is 0.590. The van der Waals surface area contributed by atoms with Gasteiger partial charge in [-0.05, 0) is 29.3 Å². The highest BCUT2D eigenvalue weighted by atomic mass is 16.7. The lowest BCUT2D eigenvalue weighted by molar-refractivity contribution is -0.143. The minimum atomic E-state index is -0.401. The molecule has 0 radical (unpaired) electrons. The topological polar surface area (TPSA) is 72.6 Å². The van der Waals surface area contributed by atoms with E-state index in [4.69, 9.17) is 14.2 Å². The number of para-hydroxylation sites is 1. The SMILES string of the molecule is COC(=O)[C@@H]1Cc2c([nH]c3ccccc23)C(c2ccc3c(c2)OCO3)N1. The first kappa shape index (κ1) is 15.3. The van der Waals surface area contributed by atoms with Crippen LogP contribution in [-0.2, 0) is 16.0 Å². The number of benzene rings is 2. The number of nitrogens with one attached hydrogen (secondary N) is 2. The molecule has 132 valence electrons. The number of aromatic nitrogens is 1. The number of hydrogen-bond donors (Lipinski definition) is 2. The van der Waals surface area contributed by atoms with Gasteiger partial charge in [-0.15, -0.1) is 0 Å². The van der Waals surface area contributed by atoms with Gasteiger partial charge in [0.1, 0.15) is 6.04 Å². The van der Waals surface area contributed by atoms with E-state index in [1.807, 2.05) is 30.3 Å². The smallest absolute Gasteiger partial charge is 0.323 e. The summed E-state index contributed by atoms with van der Waals surface area (Å²) >= 11 is 0. The lowest BCUT2D eigenvalue weighted by atomic mass is 9.90. The minimum absolute atomic E-state index is 0.162. The molecule has 2 atom stereocenters. The van der Waals surface area contributed by atoms with Gasteiger partial charge < -0.3 is 19.2 Å². The van der Waals surface area contributed by atoms with E-state index >= 15 is 0 Å². The third-order valence-electron chi connectivity index (χ3n) is 5.13. The number of carbonyl (C=O) groups excluding carboxylic acids is 1. The third-order valence-corrected chi connectivity index (χ3v) is 5.13. The molecule has 6 heteroatoms. The maximum Gasteiger partial charge on any atom is 0.323 e. The van der Waals surface area contributed by atoms with Crippen LogP contribution >= 0.6 is 0 Å². The first-order valence-electron chi connectivity index (χ1n) is 8.57. The average Bonchev–Trinajstić information content (AvgIpc) is 3.30. The van der Waals surface area contributed by atoms with Crippen molar-refractivity contribution in [3.05, 3.63) is 59.3 Å². The van der Waals surface area contributed by atoms with Crippen LogP contribution in [-0.4, -0.2) is 30.9 Å². The van der Waals surface area contributed by atoms with Gasteiger partial charge in [-0.3, -0.25) is 10.1 Å². The van der Waals surface area contributed by atoms with Crippen LogP contribution in [0.4, 0.5) is 0 Å². The highest BCUT2D eigenvalue weighted by Crippen LogP contribution is 2.39. The summed E-state index contributed by atoms with van der Waals surface area (Å²) in [4.78, 5) is 15.8. The monoisotopic (exact) mass is 350 g/mol. The van der Waals surface area contributed by atoms with Crippen LogP contribution in [0.25, 0.3) is 10.9 Å². The molecule has 6 nitrogen and oxygen atoms in total. The number of H-pyrrole nitrogens is 1. The molecule has 3 heterocycles. The fourth-order valence-electron chi connectivity index (χ4n) is 3.88. The normalized spacial score (nSPS) is 20.8. The molecule has 1 aromatic heterocycles. The summed E-state index contributed by atoms with van der Waals surface area (Å²) in [6, 6.07) is 13.5. The molecule has 0 spiro atoms. The number of fused-ring (bicyclic) bond motifs is 4. The molecule has 0 fully saturated rings. The summed E-state index contributed by atoms with van der Waals surface area (Å²) in [5.74, 6) is 1.21. The van der Waals surface area contributed by atoms with Crippen molar-refractivity contribution in [3.8, 4) is 11.5 Å². The van der Waals surface area contributed by atoms with Crippen molar-refractivity contribution in [2.24, 2.45) is 0 Å². The second kappa shape index (κ2) is 5.78. The molecular weight excluding hydrogens is 332 g/mol. The molecule has 2 aromatic carbocycles. The Balaban J connectivity index is 1.65. The van der Waals surface area contributed by atoms with Gasteiger partial charge in [-0.1, -0.05) is 24.3 Å². The van der Waals surface area contributed by atoms with Crippen LogP contribution in [0, 0.1) is 0 Å². The first-order chi connectivity index (χ1) is 12.7. The standard InChI is InChI=1S/C20H18N2O4/c1-24-20(23)15-9-13-12-4-2-3-5-14(12)21-19(13)18(22-15)11-6-7-16-17(8-11)26-10-25-16/h2-8,15,18,21-22H,9-10H2,1H3/t15-,18?/m0/s1. The molecule has 2 aliphatic rings. The second-order valence-corrected chi connectivity index (χ2v) is 6.56. The van der Waals surface area contributed by atoms with Crippen molar-refractivity contribution in [2.45, 2.75) is 18.5 Å².